The minimum Gasteiger partial charge on any atom is -0.477 e. The van der Waals surface area contributed by atoms with Crippen LogP contribution in [-0.4, -0.2) is 53.6 Å². The average Bonchev–Trinajstić information content (AvgIpc) is 2.96. The molecule has 0 saturated heterocycles. The summed E-state index contributed by atoms with van der Waals surface area (Å²) >= 11 is 1.40. The van der Waals surface area contributed by atoms with Crippen molar-refractivity contribution in [3.8, 4) is 5.88 Å². The maximum Gasteiger partial charge on any atom is 0.261 e. The molecule has 25 heavy (non-hydrogen) atoms. The Morgan fingerprint density at radius 2 is 2.00 bits per heavy atom. The predicted molar refractivity (Wildman–Crippen MR) is 103 cm³/mol. The average molecular weight is 365 g/mol. The fourth-order valence-electron chi connectivity index (χ4n) is 2.78. The molecular formula is C18H28N4O2S. The third-order valence-corrected chi connectivity index (χ3v) is 5.46. The molecule has 0 unspecified atom stereocenters. The summed E-state index contributed by atoms with van der Waals surface area (Å²) in [4.78, 5) is 24.9. The number of hydrogen-bond acceptors (Lipinski definition) is 6. The number of carbonyl (C=O) groups is 1. The van der Waals surface area contributed by atoms with E-state index in [1.54, 1.807) is 0 Å². The second-order valence-corrected chi connectivity index (χ2v) is 6.84. The van der Waals surface area contributed by atoms with Crippen molar-refractivity contribution in [3.05, 3.63) is 16.8 Å². The van der Waals surface area contributed by atoms with Gasteiger partial charge in [-0.3, -0.25) is 4.79 Å². The highest BCUT2D eigenvalue weighted by Crippen LogP contribution is 2.34. The molecule has 0 spiro atoms. The number of aromatic nitrogens is 2. The first-order valence-corrected chi connectivity index (χ1v) is 9.81. The lowest BCUT2D eigenvalue weighted by molar-refractivity contribution is 0.0956. The van der Waals surface area contributed by atoms with Gasteiger partial charge in [0.05, 0.1) is 16.9 Å². The number of hydrogen-bond donors (Lipinski definition) is 1. The number of thiophene rings is 1. The zero-order valence-electron chi connectivity index (χ0n) is 15.6. The van der Waals surface area contributed by atoms with Crippen LogP contribution in [0.1, 0.15) is 48.8 Å². The van der Waals surface area contributed by atoms with Gasteiger partial charge in [0.2, 0.25) is 5.88 Å². The standard InChI is InChI=1S/C18H28N4O2S/c1-5-22(6-2)11-9-8-10-19-16(23)15-13(4)14-17(24-7-3)20-12-21-18(14)25-15/h12H,5-11H2,1-4H3,(H,19,23). The number of carbonyl (C=O) groups excluding carboxylic acids is 1. The Balaban J connectivity index is 1.96. The zero-order chi connectivity index (χ0) is 18.2. The predicted octanol–water partition coefficient (Wildman–Crippen LogP) is 3.25. The monoisotopic (exact) mass is 364 g/mol. The number of nitrogens with zero attached hydrogens (tertiary/aromatic N) is 3. The van der Waals surface area contributed by atoms with Crippen molar-refractivity contribution in [2.45, 2.75) is 40.5 Å². The van der Waals surface area contributed by atoms with Crippen LogP contribution < -0.4 is 10.1 Å². The van der Waals surface area contributed by atoms with Gasteiger partial charge in [-0.1, -0.05) is 13.8 Å². The van der Waals surface area contributed by atoms with Crippen LogP contribution >= 0.6 is 11.3 Å². The highest BCUT2D eigenvalue weighted by molar-refractivity contribution is 7.20. The molecule has 2 aromatic rings. The molecule has 0 saturated carbocycles. The molecule has 0 fully saturated rings. The van der Waals surface area contributed by atoms with Crippen LogP contribution in [0.3, 0.4) is 0 Å². The molecule has 2 aromatic heterocycles. The van der Waals surface area contributed by atoms with E-state index in [1.165, 1.54) is 17.7 Å². The second kappa shape index (κ2) is 9.68. The van der Waals surface area contributed by atoms with Crippen molar-refractivity contribution in [1.29, 1.82) is 0 Å². The van der Waals surface area contributed by atoms with Crippen LogP contribution in [-0.2, 0) is 0 Å². The van der Waals surface area contributed by atoms with E-state index < -0.39 is 0 Å². The Morgan fingerprint density at radius 3 is 2.68 bits per heavy atom. The van der Waals surface area contributed by atoms with Crippen LogP contribution in [0.4, 0.5) is 0 Å². The largest absolute Gasteiger partial charge is 0.477 e. The summed E-state index contributed by atoms with van der Waals surface area (Å²) in [6.07, 6.45) is 3.56. The van der Waals surface area contributed by atoms with Crippen LogP contribution in [0.25, 0.3) is 10.2 Å². The van der Waals surface area contributed by atoms with E-state index in [0.29, 0.717) is 23.9 Å². The van der Waals surface area contributed by atoms with Crippen molar-refractivity contribution < 1.29 is 9.53 Å². The molecule has 6 nitrogen and oxygen atoms in total. The highest BCUT2D eigenvalue weighted by Gasteiger charge is 2.19. The lowest BCUT2D eigenvalue weighted by Crippen LogP contribution is -2.27. The molecule has 7 heteroatoms. The molecular weight excluding hydrogens is 336 g/mol. The normalized spacial score (nSPS) is 11.2. The van der Waals surface area contributed by atoms with Gasteiger partial charge in [0.15, 0.2) is 0 Å². The Morgan fingerprint density at radius 1 is 1.24 bits per heavy atom. The molecule has 138 valence electrons. The lowest BCUT2D eigenvalue weighted by atomic mass is 10.2. The fourth-order valence-corrected chi connectivity index (χ4v) is 3.84. The Kier molecular flexibility index (Phi) is 7.58. The highest BCUT2D eigenvalue weighted by atomic mass is 32.1. The van der Waals surface area contributed by atoms with Crippen molar-refractivity contribution in [2.24, 2.45) is 0 Å². The van der Waals surface area contributed by atoms with E-state index in [4.69, 9.17) is 4.74 Å². The van der Waals surface area contributed by atoms with Gasteiger partial charge in [0.25, 0.3) is 5.91 Å². The number of unbranched alkanes of at least 4 members (excludes halogenated alkanes) is 1. The van der Waals surface area contributed by atoms with E-state index in [0.717, 1.165) is 48.3 Å². The van der Waals surface area contributed by atoms with Crippen LogP contribution in [0.15, 0.2) is 6.33 Å². The minimum atomic E-state index is -0.0363. The van der Waals surface area contributed by atoms with E-state index in [2.05, 4.69) is 34.0 Å². The molecule has 1 amide bonds. The summed E-state index contributed by atoms with van der Waals surface area (Å²) in [5.41, 5.74) is 0.893. The van der Waals surface area contributed by atoms with E-state index in [-0.39, 0.29) is 5.91 Å². The molecule has 0 aliphatic rings. The molecule has 2 rings (SSSR count). The molecule has 0 radical (unpaired) electrons. The van der Waals surface area contributed by atoms with Crippen molar-refractivity contribution in [3.63, 3.8) is 0 Å². The Labute approximate surface area is 153 Å². The maximum atomic E-state index is 12.5. The summed E-state index contributed by atoms with van der Waals surface area (Å²) < 4.78 is 5.57. The summed E-state index contributed by atoms with van der Waals surface area (Å²) in [5, 5.41) is 3.87. The molecule has 0 bridgehead atoms. The molecule has 0 aromatic carbocycles. The number of fused-ring (bicyclic) bond motifs is 1. The van der Waals surface area contributed by atoms with Crippen molar-refractivity contribution >= 4 is 27.5 Å². The summed E-state index contributed by atoms with van der Waals surface area (Å²) in [6, 6.07) is 0. The van der Waals surface area contributed by atoms with E-state index >= 15 is 0 Å². The number of nitrogens with one attached hydrogen (secondary N) is 1. The summed E-state index contributed by atoms with van der Waals surface area (Å²) in [7, 11) is 0. The maximum absolute atomic E-state index is 12.5. The summed E-state index contributed by atoms with van der Waals surface area (Å²) in [6.45, 7) is 12.7. The third-order valence-electron chi connectivity index (χ3n) is 4.26. The van der Waals surface area contributed by atoms with E-state index in [1.807, 2.05) is 13.8 Å². The first-order valence-electron chi connectivity index (χ1n) is 8.99. The topological polar surface area (TPSA) is 67.3 Å². The number of aryl methyl sites for hydroxylation is 1. The van der Waals surface area contributed by atoms with Gasteiger partial charge in [0.1, 0.15) is 11.2 Å². The van der Waals surface area contributed by atoms with Crippen LogP contribution in [0.5, 0.6) is 5.88 Å². The van der Waals surface area contributed by atoms with Gasteiger partial charge in [-0.05, 0) is 51.9 Å². The van der Waals surface area contributed by atoms with Gasteiger partial charge in [-0.2, -0.15) is 0 Å². The van der Waals surface area contributed by atoms with Gasteiger partial charge in [0, 0.05) is 6.54 Å². The molecule has 0 aliphatic carbocycles. The molecule has 0 aliphatic heterocycles. The first kappa shape index (κ1) is 19.6. The molecule has 2 heterocycles. The quantitative estimate of drug-likeness (QED) is 0.656. The van der Waals surface area contributed by atoms with Gasteiger partial charge in [-0.15, -0.1) is 11.3 Å². The molecule has 0 atom stereocenters. The zero-order valence-corrected chi connectivity index (χ0v) is 16.4. The number of amides is 1. The fraction of sp³-hybridized carbons (Fsp3) is 0.611. The van der Waals surface area contributed by atoms with Gasteiger partial charge >= 0.3 is 0 Å². The van der Waals surface area contributed by atoms with Gasteiger partial charge in [-0.25, -0.2) is 9.97 Å². The Hall–Kier alpha value is -1.73. The molecule has 1 N–H and O–H groups in total. The van der Waals surface area contributed by atoms with Crippen molar-refractivity contribution in [1.82, 2.24) is 20.2 Å². The van der Waals surface area contributed by atoms with Crippen LogP contribution in [0, 0.1) is 6.92 Å². The van der Waals surface area contributed by atoms with Crippen LogP contribution in [0.2, 0.25) is 0 Å². The number of rotatable bonds is 10. The van der Waals surface area contributed by atoms with Gasteiger partial charge < -0.3 is 15.0 Å². The summed E-state index contributed by atoms with van der Waals surface area (Å²) in [5.74, 6) is 0.519. The SMILES string of the molecule is CCOc1ncnc2sc(C(=O)NCCCCN(CC)CC)c(C)c12. The lowest BCUT2D eigenvalue weighted by Gasteiger charge is -2.17. The minimum absolute atomic E-state index is 0.0363. The Bertz CT molecular complexity index is 698. The van der Waals surface area contributed by atoms with E-state index in [9.17, 15) is 4.79 Å². The first-order chi connectivity index (χ1) is 12.1. The third kappa shape index (κ3) is 4.89. The van der Waals surface area contributed by atoms with Crippen molar-refractivity contribution in [2.75, 3.05) is 32.8 Å². The second-order valence-electron chi connectivity index (χ2n) is 5.84. The number of ether oxygens (including phenoxy) is 1. The smallest absolute Gasteiger partial charge is 0.261 e.